The van der Waals surface area contributed by atoms with Crippen LogP contribution in [0, 0.1) is 0 Å². The zero-order valence-electron chi connectivity index (χ0n) is 9.09. The van der Waals surface area contributed by atoms with Crippen molar-refractivity contribution >= 4 is 11.5 Å². The third-order valence-corrected chi connectivity index (χ3v) is 2.27. The SMILES string of the molecule is CCn1cnnc1CNc1ccnc(N)c1. The van der Waals surface area contributed by atoms with E-state index in [1.807, 2.05) is 10.6 Å². The fourth-order valence-electron chi connectivity index (χ4n) is 1.42. The average Bonchev–Trinajstić information content (AvgIpc) is 2.74. The normalized spacial score (nSPS) is 10.3. The molecule has 0 unspecified atom stereocenters. The number of anilines is 2. The molecular formula is C10H14N6. The number of hydrogen-bond donors (Lipinski definition) is 2. The first-order valence-corrected chi connectivity index (χ1v) is 5.11. The Morgan fingerprint density at radius 2 is 2.38 bits per heavy atom. The molecule has 0 amide bonds. The number of hydrogen-bond acceptors (Lipinski definition) is 5. The summed E-state index contributed by atoms with van der Waals surface area (Å²) in [6.45, 7) is 3.54. The summed E-state index contributed by atoms with van der Waals surface area (Å²) in [4.78, 5) is 3.92. The Kier molecular flexibility index (Phi) is 3.00. The van der Waals surface area contributed by atoms with E-state index >= 15 is 0 Å². The molecule has 2 aromatic rings. The van der Waals surface area contributed by atoms with Gasteiger partial charge in [0.1, 0.15) is 12.1 Å². The van der Waals surface area contributed by atoms with Crippen molar-refractivity contribution in [1.29, 1.82) is 0 Å². The molecule has 0 aliphatic carbocycles. The Morgan fingerprint density at radius 3 is 3.12 bits per heavy atom. The second kappa shape index (κ2) is 4.61. The van der Waals surface area contributed by atoms with Gasteiger partial charge in [0.15, 0.2) is 5.82 Å². The molecule has 2 heterocycles. The zero-order valence-corrected chi connectivity index (χ0v) is 9.09. The number of nitrogens with two attached hydrogens (primary N) is 1. The summed E-state index contributed by atoms with van der Waals surface area (Å²) in [7, 11) is 0. The van der Waals surface area contributed by atoms with Crippen LogP contribution in [-0.2, 0) is 13.1 Å². The van der Waals surface area contributed by atoms with Gasteiger partial charge in [0.2, 0.25) is 0 Å². The molecule has 6 heteroatoms. The monoisotopic (exact) mass is 218 g/mol. The average molecular weight is 218 g/mol. The molecule has 0 radical (unpaired) electrons. The van der Waals surface area contributed by atoms with Crippen molar-refractivity contribution in [1.82, 2.24) is 19.7 Å². The van der Waals surface area contributed by atoms with E-state index in [-0.39, 0.29) is 0 Å². The number of rotatable bonds is 4. The first-order valence-electron chi connectivity index (χ1n) is 5.11. The highest BCUT2D eigenvalue weighted by atomic mass is 15.3. The van der Waals surface area contributed by atoms with Crippen LogP contribution in [-0.4, -0.2) is 19.7 Å². The molecule has 2 aromatic heterocycles. The molecule has 0 saturated carbocycles. The van der Waals surface area contributed by atoms with Crippen molar-refractivity contribution in [3.05, 3.63) is 30.5 Å². The van der Waals surface area contributed by atoms with Gasteiger partial charge in [0.25, 0.3) is 0 Å². The van der Waals surface area contributed by atoms with Gasteiger partial charge in [-0.3, -0.25) is 0 Å². The lowest BCUT2D eigenvalue weighted by Crippen LogP contribution is -2.07. The van der Waals surface area contributed by atoms with Crippen LogP contribution in [0.1, 0.15) is 12.7 Å². The van der Waals surface area contributed by atoms with Crippen molar-refractivity contribution in [2.45, 2.75) is 20.0 Å². The largest absolute Gasteiger partial charge is 0.384 e. The number of aromatic nitrogens is 4. The number of nitrogens with one attached hydrogen (secondary N) is 1. The van der Waals surface area contributed by atoms with Crippen molar-refractivity contribution in [3.8, 4) is 0 Å². The van der Waals surface area contributed by atoms with E-state index in [4.69, 9.17) is 5.73 Å². The maximum Gasteiger partial charge on any atom is 0.152 e. The highest BCUT2D eigenvalue weighted by Crippen LogP contribution is 2.10. The van der Waals surface area contributed by atoms with Gasteiger partial charge in [-0.2, -0.15) is 0 Å². The highest BCUT2D eigenvalue weighted by Gasteiger charge is 2.02. The third kappa shape index (κ3) is 2.28. The van der Waals surface area contributed by atoms with Gasteiger partial charge in [-0.15, -0.1) is 10.2 Å². The predicted molar refractivity (Wildman–Crippen MR) is 61.7 cm³/mol. The standard InChI is InChI=1S/C10H14N6/c1-2-16-7-14-15-10(16)6-13-8-3-4-12-9(11)5-8/h3-5,7H,2,6H2,1H3,(H3,11,12,13). The maximum atomic E-state index is 5.58. The topological polar surface area (TPSA) is 81.7 Å². The van der Waals surface area contributed by atoms with Crippen LogP contribution >= 0.6 is 0 Å². The van der Waals surface area contributed by atoms with E-state index in [1.54, 1.807) is 18.6 Å². The van der Waals surface area contributed by atoms with E-state index in [0.717, 1.165) is 18.1 Å². The van der Waals surface area contributed by atoms with Crippen LogP contribution in [0.4, 0.5) is 11.5 Å². The van der Waals surface area contributed by atoms with Gasteiger partial charge in [0, 0.05) is 24.5 Å². The Balaban J connectivity index is 2.02. The van der Waals surface area contributed by atoms with Crippen molar-refractivity contribution in [2.24, 2.45) is 0 Å². The summed E-state index contributed by atoms with van der Waals surface area (Å²) >= 11 is 0. The lowest BCUT2D eigenvalue weighted by atomic mass is 10.4. The zero-order chi connectivity index (χ0) is 11.4. The van der Waals surface area contributed by atoms with Gasteiger partial charge in [-0.1, -0.05) is 0 Å². The Hall–Kier alpha value is -2.11. The summed E-state index contributed by atoms with van der Waals surface area (Å²) in [6, 6.07) is 3.65. The summed E-state index contributed by atoms with van der Waals surface area (Å²) in [5, 5.41) is 11.1. The number of aryl methyl sites for hydroxylation is 1. The molecular weight excluding hydrogens is 204 g/mol. The Bertz CT molecular complexity index is 464. The molecule has 0 fully saturated rings. The summed E-state index contributed by atoms with van der Waals surface area (Å²) in [6.07, 6.45) is 3.39. The highest BCUT2D eigenvalue weighted by molar-refractivity contribution is 5.49. The van der Waals surface area contributed by atoms with Gasteiger partial charge >= 0.3 is 0 Å². The quantitative estimate of drug-likeness (QED) is 0.796. The fourth-order valence-corrected chi connectivity index (χ4v) is 1.42. The molecule has 0 saturated heterocycles. The van der Waals surface area contributed by atoms with Crippen LogP contribution in [0.25, 0.3) is 0 Å². The van der Waals surface area contributed by atoms with Crippen LogP contribution in [0.3, 0.4) is 0 Å². The maximum absolute atomic E-state index is 5.58. The first-order chi connectivity index (χ1) is 7.79. The number of nitrogen functional groups attached to an aromatic ring is 1. The minimum Gasteiger partial charge on any atom is -0.384 e. The molecule has 3 N–H and O–H groups in total. The van der Waals surface area contributed by atoms with Crippen LogP contribution in [0.2, 0.25) is 0 Å². The van der Waals surface area contributed by atoms with Crippen LogP contribution < -0.4 is 11.1 Å². The molecule has 0 spiro atoms. The van der Waals surface area contributed by atoms with Crippen molar-refractivity contribution < 1.29 is 0 Å². The lowest BCUT2D eigenvalue weighted by molar-refractivity contribution is 0.708. The molecule has 2 rings (SSSR count). The number of nitrogens with zero attached hydrogens (tertiary/aromatic N) is 4. The predicted octanol–water partition coefficient (Wildman–Crippen LogP) is 0.887. The second-order valence-corrected chi connectivity index (χ2v) is 3.36. The number of pyridine rings is 1. The van der Waals surface area contributed by atoms with Crippen LogP contribution in [0.5, 0.6) is 0 Å². The molecule has 0 bridgehead atoms. The Morgan fingerprint density at radius 1 is 1.50 bits per heavy atom. The molecule has 0 aliphatic heterocycles. The van der Waals surface area contributed by atoms with E-state index < -0.39 is 0 Å². The van der Waals surface area contributed by atoms with Gasteiger partial charge in [-0.25, -0.2) is 4.98 Å². The Labute approximate surface area is 93.5 Å². The van der Waals surface area contributed by atoms with E-state index in [2.05, 4.69) is 27.4 Å². The summed E-state index contributed by atoms with van der Waals surface area (Å²) in [5.41, 5.74) is 6.51. The van der Waals surface area contributed by atoms with Gasteiger partial charge in [0.05, 0.1) is 6.54 Å². The second-order valence-electron chi connectivity index (χ2n) is 3.36. The fraction of sp³-hybridized carbons (Fsp3) is 0.300. The lowest BCUT2D eigenvalue weighted by Gasteiger charge is -2.06. The molecule has 84 valence electrons. The van der Waals surface area contributed by atoms with E-state index in [0.29, 0.717) is 12.4 Å². The minimum absolute atomic E-state index is 0.502. The van der Waals surface area contributed by atoms with E-state index in [1.165, 1.54) is 0 Å². The molecule has 6 nitrogen and oxygen atoms in total. The van der Waals surface area contributed by atoms with E-state index in [9.17, 15) is 0 Å². The van der Waals surface area contributed by atoms with Gasteiger partial charge < -0.3 is 15.6 Å². The first kappa shape index (κ1) is 10.4. The third-order valence-electron chi connectivity index (χ3n) is 2.27. The minimum atomic E-state index is 0.502. The summed E-state index contributed by atoms with van der Waals surface area (Å²) in [5.74, 6) is 1.40. The smallest absolute Gasteiger partial charge is 0.152 e. The summed E-state index contributed by atoms with van der Waals surface area (Å²) < 4.78 is 1.98. The van der Waals surface area contributed by atoms with Crippen LogP contribution in [0.15, 0.2) is 24.7 Å². The molecule has 0 aromatic carbocycles. The molecule has 0 atom stereocenters. The van der Waals surface area contributed by atoms with Gasteiger partial charge in [-0.05, 0) is 13.0 Å². The van der Waals surface area contributed by atoms with Crippen molar-refractivity contribution in [2.75, 3.05) is 11.1 Å². The molecule has 0 aliphatic rings. The molecule has 16 heavy (non-hydrogen) atoms. The van der Waals surface area contributed by atoms with Crippen molar-refractivity contribution in [3.63, 3.8) is 0 Å².